The molecule has 0 bridgehead atoms. The number of carbonyl (C=O) groups excluding carboxylic acids is 1. The lowest BCUT2D eigenvalue weighted by molar-refractivity contribution is -0.170. The van der Waals surface area contributed by atoms with Crippen LogP contribution in [0.15, 0.2) is 24.3 Å². The van der Waals surface area contributed by atoms with Gasteiger partial charge in [-0.2, -0.15) is 0 Å². The smallest absolute Gasteiger partial charge is 0.240 e. The van der Waals surface area contributed by atoms with Gasteiger partial charge in [-0.15, -0.1) is 12.4 Å². The largest absolute Gasteiger partial charge is 0.378 e. The summed E-state index contributed by atoms with van der Waals surface area (Å²) < 4.78 is 19.2. The number of benzene rings is 1. The number of ether oxygens (including phenoxy) is 1. The van der Waals surface area contributed by atoms with E-state index in [-0.39, 0.29) is 35.7 Å². The van der Waals surface area contributed by atoms with Crippen LogP contribution in [0.3, 0.4) is 0 Å². The van der Waals surface area contributed by atoms with Gasteiger partial charge in [0.15, 0.2) is 0 Å². The van der Waals surface area contributed by atoms with E-state index in [1.165, 1.54) is 6.07 Å². The van der Waals surface area contributed by atoms with Gasteiger partial charge in [0, 0.05) is 30.4 Å². The maximum absolute atomic E-state index is 13.5. The second kappa shape index (κ2) is 6.86. The number of hydrogen-bond donors (Lipinski definition) is 2. The minimum atomic E-state index is -0.912. The third-order valence-corrected chi connectivity index (χ3v) is 6.11. The lowest BCUT2D eigenvalue weighted by Gasteiger charge is -2.57. The molecule has 1 aromatic carbocycles. The van der Waals surface area contributed by atoms with Crippen LogP contribution in [0.5, 0.6) is 0 Å². The van der Waals surface area contributed by atoms with E-state index in [4.69, 9.17) is 10.5 Å². The average molecular weight is 371 g/mol. The number of nitrogens with two attached hydrogens (primary N) is 1. The summed E-state index contributed by atoms with van der Waals surface area (Å²) in [6, 6.07) is 6.66. The molecular weight excluding hydrogens is 343 g/mol. The van der Waals surface area contributed by atoms with E-state index in [0.717, 1.165) is 18.4 Å². The van der Waals surface area contributed by atoms with Crippen LogP contribution in [0.1, 0.15) is 45.6 Å². The normalized spacial score (nSPS) is 28.4. The summed E-state index contributed by atoms with van der Waals surface area (Å²) >= 11 is 0. The second-order valence-electron chi connectivity index (χ2n) is 7.81. The Morgan fingerprint density at radius 3 is 2.60 bits per heavy atom. The fraction of sp³-hybridized carbons (Fsp3) is 0.632. The molecular formula is C19H28ClFN2O2. The molecule has 6 heteroatoms. The number of amides is 1. The van der Waals surface area contributed by atoms with E-state index in [1.807, 2.05) is 26.8 Å². The average Bonchev–Trinajstić information content (AvgIpc) is 3.33. The first-order valence-corrected chi connectivity index (χ1v) is 8.70. The van der Waals surface area contributed by atoms with E-state index in [9.17, 15) is 9.18 Å². The van der Waals surface area contributed by atoms with Crippen LogP contribution in [0.2, 0.25) is 0 Å². The molecule has 1 aromatic rings. The molecule has 2 aliphatic carbocycles. The molecule has 0 saturated heterocycles. The highest BCUT2D eigenvalue weighted by Crippen LogP contribution is 2.51. The van der Waals surface area contributed by atoms with Crippen molar-refractivity contribution in [2.24, 2.45) is 11.1 Å². The van der Waals surface area contributed by atoms with Crippen LogP contribution < -0.4 is 11.1 Å². The van der Waals surface area contributed by atoms with Gasteiger partial charge in [0.25, 0.3) is 0 Å². The quantitative estimate of drug-likeness (QED) is 0.809. The first kappa shape index (κ1) is 20.1. The zero-order valence-electron chi connectivity index (χ0n) is 15.1. The Kier molecular flexibility index (Phi) is 5.53. The summed E-state index contributed by atoms with van der Waals surface area (Å²) in [7, 11) is 0. The molecule has 2 unspecified atom stereocenters. The zero-order chi connectivity index (χ0) is 17.6. The van der Waals surface area contributed by atoms with Crippen molar-refractivity contribution in [3.05, 3.63) is 35.6 Å². The van der Waals surface area contributed by atoms with Crippen LogP contribution in [-0.2, 0) is 14.9 Å². The number of rotatable bonds is 6. The van der Waals surface area contributed by atoms with E-state index in [0.29, 0.717) is 19.6 Å². The Morgan fingerprint density at radius 1 is 1.40 bits per heavy atom. The predicted molar refractivity (Wildman–Crippen MR) is 98.3 cm³/mol. The second-order valence-corrected chi connectivity index (χ2v) is 7.81. The van der Waals surface area contributed by atoms with Gasteiger partial charge in [0.1, 0.15) is 11.4 Å². The van der Waals surface area contributed by atoms with Crippen LogP contribution in [-0.4, -0.2) is 30.7 Å². The number of nitrogens with one attached hydrogen (secondary N) is 1. The highest BCUT2D eigenvalue weighted by Gasteiger charge is 2.63. The van der Waals surface area contributed by atoms with Crippen LogP contribution in [0.4, 0.5) is 4.39 Å². The Balaban J connectivity index is 0.00000225. The summed E-state index contributed by atoms with van der Waals surface area (Å²) in [5, 5.41) is 3.02. The molecule has 0 heterocycles. The molecule has 2 saturated carbocycles. The number of halogens is 2. The molecule has 0 aliphatic heterocycles. The standard InChI is InChI=1S/C19H27FN2O2.ClH/c1-4-24-15-11-19(21,17(15,2)3)16(23)22-12-18(8-9-18)13-6-5-7-14(20)10-13;/h5-7,10,15H,4,8-9,11-12,21H2,1-3H3,(H,22,23);1H. The Morgan fingerprint density at radius 2 is 2.08 bits per heavy atom. The molecule has 4 nitrogen and oxygen atoms in total. The van der Waals surface area contributed by atoms with Crippen molar-refractivity contribution in [2.75, 3.05) is 13.2 Å². The minimum Gasteiger partial charge on any atom is -0.378 e. The first-order valence-electron chi connectivity index (χ1n) is 8.70. The maximum Gasteiger partial charge on any atom is 0.240 e. The van der Waals surface area contributed by atoms with Crippen molar-refractivity contribution in [3.8, 4) is 0 Å². The monoisotopic (exact) mass is 370 g/mol. The molecule has 2 atom stereocenters. The van der Waals surface area contributed by atoms with Crippen molar-refractivity contribution in [1.82, 2.24) is 5.32 Å². The SMILES string of the molecule is CCOC1CC(N)(C(=O)NCC2(c3cccc(F)c3)CC2)C1(C)C.Cl. The van der Waals surface area contributed by atoms with Crippen molar-refractivity contribution in [3.63, 3.8) is 0 Å². The Labute approximate surface area is 155 Å². The third kappa shape index (κ3) is 3.29. The fourth-order valence-corrected chi connectivity index (χ4v) is 3.76. The fourth-order valence-electron chi connectivity index (χ4n) is 3.76. The third-order valence-electron chi connectivity index (χ3n) is 6.11. The van der Waals surface area contributed by atoms with Gasteiger partial charge in [0.2, 0.25) is 5.91 Å². The summed E-state index contributed by atoms with van der Waals surface area (Å²) in [5.41, 5.74) is 5.91. The van der Waals surface area contributed by atoms with Crippen LogP contribution in [0.25, 0.3) is 0 Å². The van der Waals surface area contributed by atoms with E-state index < -0.39 is 11.0 Å². The molecule has 0 spiro atoms. The van der Waals surface area contributed by atoms with Gasteiger partial charge >= 0.3 is 0 Å². The van der Waals surface area contributed by atoms with Gasteiger partial charge < -0.3 is 15.8 Å². The Hall–Kier alpha value is -1.17. The summed E-state index contributed by atoms with van der Waals surface area (Å²) in [5.74, 6) is -0.369. The van der Waals surface area contributed by atoms with Crippen molar-refractivity contribution >= 4 is 18.3 Å². The maximum atomic E-state index is 13.5. The zero-order valence-corrected chi connectivity index (χ0v) is 15.9. The Bertz CT molecular complexity index is 648. The molecule has 3 rings (SSSR count). The van der Waals surface area contributed by atoms with Gasteiger partial charge in [-0.1, -0.05) is 26.0 Å². The molecule has 2 aliphatic rings. The summed E-state index contributed by atoms with van der Waals surface area (Å²) in [4.78, 5) is 12.7. The highest BCUT2D eigenvalue weighted by molar-refractivity contribution is 5.89. The highest BCUT2D eigenvalue weighted by atomic mass is 35.5. The minimum absolute atomic E-state index is 0. The molecule has 3 N–H and O–H groups in total. The van der Waals surface area contributed by atoms with E-state index in [1.54, 1.807) is 12.1 Å². The van der Waals surface area contributed by atoms with Gasteiger partial charge in [-0.3, -0.25) is 4.79 Å². The molecule has 0 aromatic heterocycles. The lowest BCUT2D eigenvalue weighted by Crippen LogP contribution is -2.76. The summed E-state index contributed by atoms with van der Waals surface area (Å²) in [6.45, 7) is 7.03. The van der Waals surface area contributed by atoms with Crippen molar-refractivity contribution < 1.29 is 13.9 Å². The van der Waals surface area contributed by atoms with Crippen molar-refractivity contribution in [1.29, 1.82) is 0 Å². The first-order chi connectivity index (χ1) is 11.2. The topological polar surface area (TPSA) is 64.3 Å². The lowest BCUT2D eigenvalue weighted by atomic mass is 9.54. The molecule has 0 radical (unpaired) electrons. The van der Waals surface area contributed by atoms with Crippen LogP contribution >= 0.6 is 12.4 Å². The van der Waals surface area contributed by atoms with Gasteiger partial charge in [-0.25, -0.2) is 4.39 Å². The number of carbonyl (C=O) groups is 1. The number of hydrogen-bond acceptors (Lipinski definition) is 3. The molecule has 2 fully saturated rings. The molecule has 1 amide bonds. The summed E-state index contributed by atoms with van der Waals surface area (Å²) in [6.07, 6.45) is 2.46. The predicted octanol–water partition coefficient (Wildman–Crippen LogP) is 2.93. The molecule has 140 valence electrons. The van der Waals surface area contributed by atoms with Gasteiger partial charge in [-0.05, 0) is 37.5 Å². The van der Waals surface area contributed by atoms with Crippen molar-refractivity contribution in [2.45, 2.75) is 57.1 Å². The molecule has 25 heavy (non-hydrogen) atoms. The van der Waals surface area contributed by atoms with Gasteiger partial charge in [0.05, 0.1) is 6.10 Å². The van der Waals surface area contributed by atoms with E-state index >= 15 is 0 Å². The van der Waals surface area contributed by atoms with Crippen LogP contribution in [0, 0.1) is 11.2 Å². The van der Waals surface area contributed by atoms with E-state index in [2.05, 4.69) is 5.32 Å².